The van der Waals surface area contributed by atoms with E-state index in [0.717, 1.165) is 50.5 Å². The van der Waals surface area contributed by atoms with Gasteiger partial charge in [-0.3, -0.25) is 0 Å². The van der Waals surface area contributed by atoms with Crippen molar-refractivity contribution in [1.29, 1.82) is 0 Å². The second-order valence-corrected chi connectivity index (χ2v) is 11.4. The lowest BCUT2D eigenvalue weighted by Gasteiger charge is -2.32. The van der Waals surface area contributed by atoms with Crippen molar-refractivity contribution < 1.29 is 12.8 Å². The second kappa shape index (κ2) is 9.39. The number of rotatable bonds is 9. The van der Waals surface area contributed by atoms with Crippen LogP contribution in [0.5, 0.6) is 0 Å². The molecule has 168 valence electrons. The van der Waals surface area contributed by atoms with Crippen molar-refractivity contribution in [2.75, 3.05) is 19.3 Å². The Hall–Kier alpha value is -1.76. The molecule has 2 aliphatic carbocycles. The van der Waals surface area contributed by atoms with Crippen LogP contribution in [0.4, 0.5) is 4.39 Å². The number of aryl methyl sites for hydroxylation is 2. The van der Waals surface area contributed by atoms with Crippen molar-refractivity contribution in [3.05, 3.63) is 70.5 Å². The summed E-state index contributed by atoms with van der Waals surface area (Å²) in [6, 6.07) is 13.5. The van der Waals surface area contributed by atoms with Gasteiger partial charge in [0.05, 0.1) is 5.75 Å². The highest BCUT2D eigenvalue weighted by molar-refractivity contribution is 7.89. The quantitative estimate of drug-likeness (QED) is 0.635. The van der Waals surface area contributed by atoms with E-state index in [1.54, 1.807) is 19.2 Å². The molecule has 0 spiro atoms. The Labute approximate surface area is 185 Å². The fraction of sp³-hybridized carbons (Fsp3) is 0.520. The predicted octanol–water partition coefficient (Wildman–Crippen LogP) is 4.03. The standard InChI is InChI=1S/C25H33FN2O2S/c1-28(31(29,30)17-19-7-8-19)13-3-5-18-9-10-21-11-12-25(27)24(23(21)15-18)16-20-4-2-6-22(26)14-20/h2,4,6,9-10,14-15,19,24-25H,3,5,7-8,11-13,16-17,27H2,1H3. The molecule has 0 saturated heterocycles. The average Bonchev–Trinajstić information content (AvgIpc) is 3.53. The van der Waals surface area contributed by atoms with Crippen LogP contribution in [-0.4, -0.2) is 38.1 Å². The lowest BCUT2D eigenvalue weighted by Crippen LogP contribution is -2.34. The van der Waals surface area contributed by atoms with Gasteiger partial charge in [0.15, 0.2) is 0 Å². The van der Waals surface area contributed by atoms with Gasteiger partial charge < -0.3 is 5.73 Å². The molecule has 1 fully saturated rings. The van der Waals surface area contributed by atoms with Gasteiger partial charge in [-0.1, -0.05) is 30.3 Å². The van der Waals surface area contributed by atoms with E-state index in [4.69, 9.17) is 5.73 Å². The van der Waals surface area contributed by atoms with Gasteiger partial charge in [-0.25, -0.2) is 17.1 Å². The van der Waals surface area contributed by atoms with Crippen molar-refractivity contribution in [1.82, 2.24) is 4.31 Å². The van der Waals surface area contributed by atoms with Crippen molar-refractivity contribution >= 4 is 10.0 Å². The maximum Gasteiger partial charge on any atom is 0.214 e. The van der Waals surface area contributed by atoms with Gasteiger partial charge in [0.1, 0.15) is 5.82 Å². The van der Waals surface area contributed by atoms with Crippen LogP contribution in [-0.2, 0) is 29.3 Å². The van der Waals surface area contributed by atoms with Crippen LogP contribution in [0.3, 0.4) is 0 Å². The molecule has 2 N–H and O–H groups in total. The summed E-state index contributed by atoms with van der Waals surface area (Å²) < 4.78 is 39.9. The summed E-state index contributed by atoms with van der Waals surface area (Å²) in [5.41, 5.74) is 11.3. The Morgan fingerprint density at radius 1 is 1.10 bits per heavy atom. The van der Waals surface area contributed by atoms with Crippen molar-refractivity contribution in [2.45, 2.75) is 56.9 Å². The number of benzene rings is 2. The van der Waals surface area contributed by atoms with E-state index in [9.17, 15) is 12.8 Å². The Kier molecular flexibility index (Phi) is 6.80. The molecule has 2 unspecified atom stereocenters. The highest BCUT2D eigenvalue weighted by Crippen LogP contribution is 2.35. The summed E-state index contributed by atoms with van der Waals surface area (Å²) >= 11 is 0. The largest absolute Gasteiger partial charge is 0.327 e. The minimum Gasteiger partial charge on any atom is -0.327 e. The topological polar surface area (TPSA) is 63.4 Å². The lowest BCUT2D eigenvalue weighted by atomic mass is 9.76. The molecule has 4 nitrogen and oxygen atoms in total. The highest BCUT2D eigenvalue weighted by Gasteiger charge is 2.30. The number of sulfonamides is 1. The van der Waals surface area contributed by atoms with E-state index >= 15 is 0 Å². The van der Waals surface area contributed by atoms with Gasteiger partial charge in [0.25, 0.3) is 0 Å². The number of nitrogens with zero attached hydrogens (tertiary/aromatic N) is 1. The number of hydrogen-bond acceptors (Lipinski definition) is 3. The maximum atomic E-state index is 13.7. The molecular formula is C25H33FN2O2S. The number of hydrogen-bond donors (Lipinski definition) is 1. The van der Waals surface area contributed by atoms with Crippen LogP contribution in [0.1, 0.15) is 53.9 Å². The third kappa shape index (κ3) is 5.73. The lowest BCUT2D eigenvalue weighted by molar-refractivity contribution is 0.457. The molecule has 4 rings (SSSR count). The Morgan fingerprint density at radius 3 is 2.65 bits per heavy atom. The van der Waals surface area contributed by atoms with Gasteiger partial charge >= 0.3 is 0 Å². The summed E-state index contributed by atoms with van der Waals surface area (Å²) in [5, 5.41) is 0. The molecule has 2 aromatic rings. The first-order valence-corrected chi connectivity index (χ1v) is 13.0. The molecule has 6 heteroatoms. The van der Waals surface area contributed by atoms with E-state index < -0.39 is 10.0 Å². The Morgan fingerprint density at radius 2 is 1.90 bits per heavy atom. The Bertz CT molecular complexity index is 1020. The fourth-order valence-electron chi connectivity index (χ4n) is 4.66. The van der Waals surface area contributed by atoms with E-state index in [-0.39, 0.29) is 17.8 Å². The molecule has 0 heterocycles. The normalized spacial score (nSPS) is 21.3. The highest BCUT2D eigenvalue weighted by atomic mass is 32.2. The molecule has 0 aliphatic heterocycles. The first-order chi connectivity index (χ1) is 14.8. The minimum atomic E-state index is -3.13. The van der Waals surface area contributed by atoms with E-state index in [2.05, 4.69) is 18.2 Å². The molecule has 0 bridgehead atoms. The van der Waals surface area contributed by atoms with E-state index in [1.807, 2.05) is 6.07 Å². The molecule has 1 saturated carbocycles. The first-order valence-electron chi connectivity index (χ1n) is 11.4. The summed E-state index contributed by atoms with van der Waals surface area (Å²) in [7, 11) is -1.44. The second-order valence-electron chi connectivity index (χ2n) is 9.32. The molecule has 2 aromatic carbocycles. The summed E-state index contributed by atoms with van der Waals surface area (Å²) in [5.74, 6) is 0.623. The van der Waals surface area contributed by atoms with Crippen molar-refractivity contribution in [3.8, 4) is 0 Å². The summed E-state index contributed by atoms with van der Waals surface area (Å²) in [6.07, 6.45) is 6.35. The zero-order chi connectivity index (χ0) is 22.0. The van der Waals surface area contributed by atoms with E-state index in [1.165, 1.54) is 27.1 Å². The average molecular weight is 445 g/mol. The van der Waals surface area contributed by atoms with Gasteiger partial charge in [-0.15, -0.1) is 0 Å². The van der Waals surface area contributed by atoms with Crippen molar-refractivity contribution in [2.24, 2.45) is 11.7 Å². The van der Waals surface area contributed by atoms with Crippen LogP contribution < -0.4 is 5.73 Å². The van der Waals surface area contributed by atoms with Gasteiger partial charge in [-0.05, 0) is 85.3 Å². The van der Waals surface area contributed by atoms with Crippen LogP contribution in [0.25, 0.3) is 0 Å². The molecule has 2 atom stereocenters. The van der Waals surface area contributed by atoms with Crippen LogP contribution in [0.15, 0.2) is 42.5 Å². The number of nitrogens with two attached hydrogens (primary N) is 1. The third-order valence-electron chi connectivity index (χ3n) is 6.77. The third-order valence-corrected chi connectivity index (χ3v) is 8.80. The molecule has 0 radical (unpaired) electrons. The van der Waals surface area contributed by atoms with Gasteiger partial charge in [0.2, 0.25) is 10.0 Å². The molecule has 31 heavy (non-hydrogen) atoms. The smallest absolute Gasteiger partial charge is 0.214 e. The number of halogens is 1. The monoisotopic (exact) mass is 444 g/mol. The molecule has 2 aliphatic rings. The summed E-state index contributed by atoms with van der Waals surface area (Å²) in [4.78, 5) is 0. The Balaban J connectivity index is 1.42. The van der Waals surface area contributed by atoms with Gasteiger partial charge in [-0.2, -0.15) is 0 Å². The zero-order valence-electron chi connectivity index (χ0n) is 18.3. The molecule has 0 amide bonds. The van der Waals surface area contributed by atoms with Crippen LogP contribution in [0.2, 0.25) is 0 Å². The van der Waals surface area contributed by atoms with E-state index in [0.29, 0.717) is 18.2 Å². The SMILES string of the molecule is CN(CCCc1ccc2c(c1)C(Cc1cccc(F)c1)C(N)CC2)S(=O)(=O)CC1CC1. The van der Waals surface area contributed by atoms with Crippen molar-refractivity contribution in [3.63, 3.8) is 0 Å². The zero-order valence-corrected chi connectivity index (χ0v) is 19.1. The number of fused-ring (bicyclic) bond motifs is 1. The summed E-state index contributed by atoms with van der Waals surface area (Å²) in [6.45, 7) is 0.540. The first kappa shape index (κ1) is 22.4. The molecular weight excluding hydrogens is 411 g/mol. The van der Waals surface area contributed by atoms with Crippen LogP contribution in [0, 0.1) is 11.7 Å². The minimum absolute atomic E-state index is 0.0599. The van der Waals surface area contributed by atoms with Crippen LogP contribution >= 0.6 is 0 Å². The van der Waals surface area contributed by atoms with Gasteiger partial charge in [0, 0.05) is 25.6 Å². The fourth-order valence-corrected chi connectivity index (χ4v) is 6.25. The predicted molar refractivity (Wildman–Crippen MR) is 123 cm³/mol. The molecule has 0 aromatic heterocycles. The maximum absolute atomic E-state index is 13.7.